The van der Waals surface area contributed by atoms with Crippen molar-refractivity contribution in [2.24, 2.45) is 0 Å². The number of rotatable bonds is 8. The predicted octanol–water partition coefficient (Wildman–Crippen LogP) is 6.47. The fraction of sp³-hybridized carbons (Fsp3) is 0.458. The zero-order valence-electron chi connectivity index (χ0n) is 19.0. The molecule has 1 amide bonds. The van der Waals surface area contributed by atoms with Gasteiger partial charge in [0.1, 0.15) is 9.86 Å². The highest BCUT2D eigenvalue weighted by atomic mass is 32.2. The summed E-state index contributed by atoms with van der Waals surface area (Å²) in [5, 5.41) is 5.81. The van der Waals surface area contributed by atoms with Crippen molar-refractivity contribution < 1.29 is 9.53 Å². The molecule has 0 radical (unpaired) electrons. The van der Waals surface area contributed by atoms with E-state index >= 15 is 0 Å². The lowest BCUT2D eigenvalue weighted by Crippen LogP contribution is -2.33. The molecule has 4 rings (SSSR count). The third-order valence-corrected chi connectivity index (χ3v) is 8.74. The van der Waals surface area contributed by atoms with Gasteiger partial charge in [0.05, 0.1) is 18.0 Å². The molecule has 0 fully saturated rings. The van der Waals surface area contributed by atoms with Crippen molar-refractivity contribution in [1.82, 2.24) is 9.97 Å². The molecule has 1 aromatic carbocycles. The molecular formula is C24H29N3O2S3. The molecular weight excluding hydrogens is 458 g/mol. The molecule has 0 aliphatic carbocycles. The van der Waals surface area contributed by atoms with Crippen LogP contribution in [0.5, 0.6) is 0 Å². The quantitative estimate of drug-likeness (QED) is 0.223. The number of anilines is 1. The van der Waals surface area contributed by atoms with E-state index in [1.54, 1.807) is 23.1 Å². The Morgan fingerprint density at radius 1 is 1.28 bits per heavy atom. The summed E-state index contributed by atoms with van der Waals surface area (Å²) < 4.78 is 6.17. The average molecular weight is 488 g/mol. The fourth-order valence-corrected chi connectivity index (χ4v) is 6.50. The van der Waals surface area contributed by atoms with Crippen molar-refractivity contribution in [2.45, 2.75) is 69.3 Å². The highest BCUT2D eigenvalue weighted by Gasteiger charge is 2.33. The number of fused-ring (bicyclic) bond motifs is 3. The Morgan fingerprint density at radius 2 is 2.12 bits per heavy atom. The normalized spacial score (nSPS) is 18.0. The lowest BCUT2D eigenvalue weighted by atomic mass is 9.90. The molecule has 8 heteroatoms. The summed E-state index contributed by atoms with van der Waals surface area (Å²) in [4.78, 5) is 24.7. The SMILES string of the molecule is CCCSc1nc(SCC(=O)Nc2cccc(C)c2)c2c3c(sc2n1)CO[C@@](C)(CC)C3. The van der Waals surface area contributed by atoms with E-state index in [-0.39, 0.29) is 11.5 Å². The van der Waals surface area contributed by atoms with Gasteiger partial charge in [-0.15, -0.1) is 11.3 Å². The van der Waals surface area contributed by atoms with Crippen LogP contribution in [0.15, 0.2) is 34.4 Å². The van der Waals surface area contributed by atoms with E-state index in [4.69, 9.17) is 14.7 Å². The van der Waals surface area contributed by atoms with Crippen molar-refractivity contribution in [3.8, 4) is 0 Å². The van der Waals surface area contributed by atoms with Crippen LogP contribution in [0.2, 0.25) is 0 Å². The minimum atomic E-state index is -0.166. The van der Waals surface area contributed by atoms with Crippen LogP contribution < -0.4 is 5.32 Å². The van der Waals surface area contributed by atoms with Gasteiger partial charge in [0.15, 0.2) is 5.16 Å². The number of aryl methyl sites for hydroxylation is 1. The Bertz CT molecular complexity index is 1130. The Kier molecular flexibility index (Phi) is 7.44. The molecule has 3 aromatic rings. The maximum atomic E-state index is 12.7. The Morgan fingerprint density at radius 3 is 2.88 bits per heavy atom. The van der Waals surface area contributed by atoms with Gasteiger partial charge in [-0.05, 0) is 49.9 Å². The van der Waals surface area contributed by atoms with Crippen LogP contribution in [0.4, 0.5) is 5.69 Å². The smallest absolute Gasteiger partial charge is 0.234 e. The van der Waals surface area contributed by atoms with Crippen molar-refractivity contribution in [3.05, 3.63) is 40.3 Å². The van der Waals surface area contributed by atoms with Gasteiger partial charge in [0, 0.05) is 28.1 Å². The summed E-state index contributed by atoms with van der Waals surface area (Å²) in [6.07, 6.45) is 2.88. The van der Waals surface area contributed by atoms with Crippen molar-refractivity contribution >= 4 is 56.7 Å². The number of aromatic nitrogens is 2. The first-order chi connectivity index (χ1) is 15.4. The highest BCUT2D eigenvalue weighted by Crippen LogP contribution is 2.43. The maximum absolute atomic E-state index is 12.7. The molecule has 5 nitrogen and oxygen atoms in total. The summed E-state index contributed by atoms with van der Waals surface area (Å²) >= 11 is 4.89. The molecule has 0 spiro atoms. The zero-order chi connectivity index (χ0) is 22.7. The molecule has 170 valence electrons. The number of benzene rings is 1. The Hall–Kier alpha value is -1.61. The van der Waals surface area contributed by atoms with Crippen LogP contribution >= 0.6 is 34.9 Å². The standard InChI is InChI=1S/C24H29N3O2S3/c1-5-10-30-23-26-21(31-14-19(28)25-16-9-7-8-15(3)11-16)20-17-12-24(4,6-2)29-13-18(17)32-22(20)27-23/h7-9,11H,5-6,10,12-14H2,1-4H3,(H,25,28)/t24-/m0/s1. The summed E-state index contributed by atoms with van der Waals surface area (Å²) in [6.45, 7) is 9.14. The maximum Gasteiger partial charge on any atom is 0.234 e. The summed E-state index contributed by atoms with van der Waals surface area (Å²) in [5.41, 5.74) is 3.08. The fourth-order valence-electron chi connectivity index (χ4n) is 3.66. The molecule has 0 saturated carbocycles. The second kappa shape index (κ2) is 10.1. The number of thioether (sulfide) groups is 2. The van der Waals surface area contributed by atoms with E-state index in [1.807, 2.05) is 31.2 Å². The van der Waals surface area contributed by atoms with Crippen LogP contribution in [0.25, 0.3) is 10.2 Å². The van der Waals surface area contributed by atoms with Gasteiger partial charge in [-0.3, -0.25) is 4.79 Å². The number of carbonyl (C=O) groups is 1. The zero-order valence-corrected chi connectivity index (χ0v) is 21.4. The number of nitrogens with zero attached hydrogens (tertiary/aromatic N) is 2. The van der Waals surface area contributed by atoms with E-state index in [9.17, 15) is 4.79 Å². The third kappa shape index (κ3) is 5.30. The number of ether oxygens (including phenoxy) is 1. The third-order valence-electron chi connectivity index (χ3n) is 5.61. The molecule has 32 heavy (non-hydrogen) atoms. The molecule has 1 aliphatic heterocycles. The number of hydrogen-bond acceptors (Lipinski definition) is 7. The first kappa shape index (κ1) is 23.5. The summed E-state index contributed by atoms with van der Waals surface area (Å²) in [6, 6.07) is 7.86. The minimum Gasteiger partial charge on any atom is -0.369 e. The molecule has 1 aliphatic rings. The highest BCUT2D eigenvalue weighted by molar-refractivity contribution is 8.00. The predicted molar refractivity (Wildman–Crippen MR) is 136 cm³/mol. The van der Waals surface area contributed by atoms with E-state index in [0.29, 0.717) is 12.4 Å². The topological polar surface area (TPSA) is 64.1 Å². The Labute approximate surface area is 202 Å². The molecule has 0 unspecified atom stereocenters. The van der Waals surface area contributed by atoms with Crippen molar-refractivity contribution in [3.63, 3.8) is 0 Å². The second-order valence-electron chi connectivity index (χ2n) is 8.32. The van der Waals surface area contributed by atoms with Crippen molar-refractivity contribution in [2.75, 3.05) is 16.8 Å². The number of nitrogens with one attached hydrogen (secondary N) is 1. The van der Waals surface area contributed by atoms with Crippen LogP contribution in [0.1, 0.15) is 49.6 Å². The van der Waals surface area contributed by atoms with Crippen LogP contribution in [-0.4, -0.2) is 33.0 Å². The van der Waals surface area contributed by atoms with Gasteiger partial charge >= 0.3 is 0 Å². The van der Waals surface area contributed by atoms with Crippen LogP contribution in [-0.2, 0) is 22.6 Å². The first-order valence-electron chi connectivity index (χ1n) is 11.0. The lowest BCUT2D eigenvalue weighted by molar-refractivity contribution is -0.113. The van der Waals surface area contributed by atoms with Crippen molar-refractivity contribution in [1.29, 1.82) is 0 Å². The second-order valence-corrected chi connectivity index (χ2v) is 11.4. The molecule has 0 bridgehead atoms. The number of carbonyl (C=O) groups excluding carboxylic acids is 1. The minimum absolute atomic E-state index is 0.0269. The average Bonchev–Trinajstić information content (AvgIpc) is 3.13. The van der Waals surface area contributed by atoms with Crippen LogP contribution in [0.3, 0.4) is 0 Å². The lowest BCUT2D eigenvalue weighted by Gasteiger charge is -2.33. The molecule has 3 heterocycles. The molecule has 0 saturated heterocycles. The molecule has 1 atom stereocenters. The molecule has 1 N–H and O–H groups in total. The van der Waals surface area contributed by atoms with Crippen LogP contribution in [0, 0.1) is 6.92 Å². The van der Waals surface area contributed by atoms with E-state index in [0.717, 1.165) is 56.7 Å². The summed E-state index contributed by atoms with van der Waals surface area (Å²) in [5.74, 6) is 1.26. The van der Waals surface area contributed by atoms with E-state index < -0.39 is 0 Å². The van der Waals surface area contributed by atoms with Gasteiger partial charge in [-0.2, -0.15) is 0 Å². The number of thiophene rings is 1. The van der Waals surface area contributed by atoms with Gasteiger partial charge in [0.25, 0.3) is 0 Å². The largest absolute Gasteiger partial charge is 0.369 e. The van der Waals surface area contributed by atoms with Gasteiger partial charge < -0.3 is 10.1 Å². The number of hydrogen-bond donors (Lipinski definition) is 1. The first-order valence-corrected chi connectivity index (χ1v) is 13.8. The van der Waals surface area contributed by atoms with Gasteiger partial charge in [-0.25, -0.2) is 9.97 Å². The van der Waals surface area contributed by atoms with Gasteiger partial charge in [-0.1, -0.05) is 49.5 Å². The molecule has 2 aromatic heterocycles. The van der Waals surface area contributed by atoms with Gasteiger partial charge in [0.2, 0.25) is 5.91 Å². The Balaban J connectivity index is 1.62. The van der Waals surface area contributed by atoms with E-state index in [2.05, 4.69) is 26.1 Å². The monoisotopic (exact) mass is 487 g/mol. The number of amides is 1. The van der Waals surface area contributed by atoms with E-state index in [1.165, 1.54) is 22.2 Å². The summed E-state index contributed by atoms with van der Waals surface area (Å²) in [7, 11) is 0.